The lowest BCUT2D eigenvalue weighted by Crippen LogP contribution is -2.36. The Morgan fingerprint density at radius 2 is 2.11 bits per heavy atom. The van der Waals surface area contributed by atoms with E-state index in [0.29, 0.717) is 5.69 Å². The molecule has 2 aromatic rings. The van der Waals surface area contributed by atoms with Crippen LogP contribution in [0.3, 0.4) is 0 Å². The summed E-state index contributed by atoms with van der Waals surface area (Å²) < 4.78 is 0. The summed E-state index contributed by atoms with van der Waals surface area (Å²) in [6.45, 7) is 4.22. The number of fused-ring (bicyclic) bond motifs is 1. The van der Waals surface area contributed by atoms with Crippen LogP contribution in [0.2, 0.25) is 0 Å². The molecule has 28 heavy (non-hydrogen) atoms. The summed E-state index contributed by atoms with van der Waals surface area (Å²) in [5.41, 5.74) is 4.66. The third-order valence-corrected chi connectivity index (χ3v) is 5.85. The number of carbonyl (C=O) groups excluding carboxylic acids is 1. The van der Waals surface area contributed by atoms with Crippen LogP contribution >= 0.6 is 0 Å². The molecule has 2 aliphatic rings. The summed E-state index contributed by atoms with van der Waals surface area (Å²) in [7, 11) is 2.18. The number of benzene rings is 1. The molecule has 1 N–H and O–H groups in total. The Morgan fingerprint density at radius 1 is 1.18 bits per heavy atom. The van der Waals surface area contributed by atoms with Gasteiger partial charge in [-0.25, -0.2) is 4.98 Å². The third-order valence-electron chi connectivity index (χ3n) is 5.85. The number of hydrogen-bond donors (Lipinski definition) is 1. The van der Waals surface area contributed by atoms with Crippen molar-refractivity contribution in [2.75, 3.05) is 31.6 Å². The molecule has 1 aromatic heterocycles. The van der Waals surface area contributed by atoms with Crippen molar-refractivity contribution in [1.82, 2.24) is 20.2 Å². The second kappa shape index (κ2) is 8.69. The van der Waals surface area contributed by atoms with Gasteiger partial charge in [0, 0.05) is 50.8 Å². The van der Waals surface area contributed by atoms with Gasteiger partial charge in [-0.15, -0.1) is 0 Å². The molecule has 1 fully saturated rings. The highest BCUT2D eigenvalue weighted by atomic mass is 16.1. The highest BCUT2D eigenvalue weighted by Crippen LogP contribution is 2.27. The van der Waals surface area contributed by atoms with E-state index in [-0.39, 0.29) is 11.9 Å². The predicted molar refractivity (Wildman–Crippen MR) is 110 cm³/mol. The smallest absolute Gasteiger partial charge is 0.271 e. The fourth-order valence-electron chi connectivity index (χ4n) is 4.33. The first-order valence-corrected chi connectivity index (χ1v) is 10.3. The molecule has 148 valence electrons. The maximum atomic E-state index is 12.3. The number of likely N-dealkylation sites (tertiary alicyclic amines) is 1. The number of aryl methyl sites for hydroxylation is 1. The highest BCUT2D eigenvalue weighted by Gasteiger charge is 2.20. The molecule has 1 aromatic carbocycles. The molecule has 1 atom stereocenters. The van der Waals surface area contributed by atoms with Gasteiger partial charge in [0.05, 0.1) is 6.20 Å². The molecule has 3 heterocycles. The van der Waals surface area contributed by atoms with Gasteiger partial charge in [-0.2, -0.15) is 0 Å². The number of nitrogens with zero attached hydrogens (tertiary/aromatic N) is 4. The van der Waals surface area contributed by atoms with Gasteiger partial charge < -0.3 is 10.2 Å². The fourth-order valence-corrected chi connectivity index (χ4v) is 4.33. The maximum absolute atomic E-state index is 12.3. The van der Waals surface area contributed by atoms with Crippen LogP contribution in [0.25, 0.3) is 0 Å². The van der Waals surface area contributed by atoms with E-state index in [9.17, 15) is 4.79 Å². The quantitative estimate of drug-likeness (QED) is 0.885. The summed E-state index contributed by atoms with van der Waals surface area (Å²) in [6, 6.07) is 7.16. The van der Waals surface area contributed by atoms with E-state index in [1.165, 1.54) is 35.9 Å². The molecule has 0 unspecified atom stereocenters. The Hall–Kier alpha value is -2.47. The molecule has 0 spiro atoms. The number of hydrogen-bond acceptors (Lipinski definition) is 5. The number of nitrogens with one attached hydrogen (secondary N) is 1. The van der Waals surface area contributed by atoms with Crippen LogP contribution in [-0.4, -0.2) is 53.5 Å². The zero-order valence-electron chi connectivity index (χ0n) is 16.6. The van der Waals surface area contributed by atoms with Crippen LogP contribution < -0.4 is 10.2 Å². The minimum absolute atomic E-state index is 0.120. The van der Waals surface area contributed by atoms with E-state index in [1.54, 1.807) is 12.4 Å². The molecular formula is C22H29N5O. The lowest BCUT2D eigenvalue weighted by molar-refractivity contribution is 0.0927. The van der Waals surface area contributed by atoms with Gasteiger partial charge in [0.2, 0.25) is 0 Å². The summed E-state index contributed by atoms with van der Waals surface area (Å²) in [5.74, 6) is -0.120. The molecule has 0 bridgehead atoms. The van der Waals surface area contributed by atoms with Crippen molar-refractivity contribution in [3.05, 3.63) is 53.6 Å². The monoisotopic (exact) mass is 379 g/mol. The number of carbonyl (C=O) groups is 1. The van der Waals surface area contributed by atoms with Crippen molar-refractivity contribution >= 4 is 11.6 Å². The molecule has 1 saturated heterocycles. The van der Waals surface area contributed by atoms with Crippen molar-refractivity contribution in [1.29, 1.82) is 0 Å². The summed E-state index contributed by atoms with van der Waals surface area (Å²) in [5, 5.41) is 3.13. The average molecular weight is 380 g/mol. The van der Waals surface area contributed by atoms with Gasteiger partial charge in [0.25, 0.3) is 5.91 Å². The fraction of sp³-hybridized carbons (Fsp3) is 0.500. The number of amides is 1. The first-order valence-electron chi connectivity index (χ1n) is 10.3. The van der Waals surface area contributed by atoms with E-state index in [0.717, 1.165) is 45.4 Å². The summed E-state index contributed by atoms with van der Waals surface area (Å²) in [6.07, 6.45) is 10.2. The standard InChI is InChI=1S/C22H29N5O/c1-26-11-2-4-18-14-17(6-7-21(18)26)16-27-12-3-5-19(8-13-27)25-22(28)20-15-23-9-10-24-20/h6-7,9-10,14-15,19H,2-5,8,11-13,16H2,1H3,(H,25,28)/t19-/m1/s1. The third kappa shape index (κ3) is 4.50. The second-order valence-corrected chi connectivity index (χ2v) is 7.96. The topological polar surface area (TPSA) is 61.4 Å². The lowest BCUT2D eigenvalue weighted by atomic mass is 9.99. The highest BCUT2D eigenvalue weighted by molar-refractivity contribution is 5.92. The minimum atomic E-state index is -0.120. The Labute approximate surface area is 167 Å². The maximum Gasteiger partial charge on any atom is 0.271 e. The Kier molecular flexibility index (Phi) is 5.86. The van der Waals surface area contributed by atoms with Crippen molar-refractivity contribution in [2.24, 2.45) is 0 Å². The van der Waals surface area contributed by atoms with E-state index in [1.807, 2.05) is 0 Å². The second-order valence-electron chi connectivity index (χ2n) is 7.96. The van der Waals surface area contributed by atoms with Crippen molar-refractivity contribution in [3.8, 4) is 0 Å². The number of rotatable bonds is 4. The largest absolute Gasteiger partial charge is 0.374 e. The normalized spacial score (nSPS) is 20.3. The lowest BCUT2D eigenvalue weighted by Gasteiger charge is -2.28. The molecule has 6 nitrogen and oxygen atoms in total. The predicted octanol–water partition coefficient (Wildman–Crippen LogP) is 2.64. The molecule has 0 aliphatic carbocycles. The Bertz CT molecular complexity index is 810. The molecular weight excluding hydrogens is 350 g/mol. The van der Waals surface area contributed by atoms with Crippen LogP contribution in [0.5, 0.6) is 0 Å². The van der Waals surface area contributed by atoms with E-state index < -0.39 is 0 Å². The Balaban J connectivity index is 1.32. The van der Waals surface area contributed by atoms with Gasteiger partial charge in [0.1, 0.15) is 5.69 Å². The van der Waals surface area contributed by atoms with Crippen molar-refractivity contribution < 1.29 is 4.79 Å². The molecule has 4 rings (SSSR count). The van der Waals surface area contributed by atoms with Crippen LogP contribution in [0.15, 0.2) is 36.8 Å². The molecule has 1 amide bonds. The summed E-state index contributed by atoms with van der Waals surface area (Å²) in [4.78, 5) is 25.3. The molecule has 0 saturated carbocycles. The number of anilines is 1. The van der Waals surface area contributed by atoms with Gasteiger partial charge >= 0.3 is 0 Å². The molecule has 0 radical (unpaired) electrons. The van der Waals surface area contributed by atoms with Crippen LogP contribution in [0, 0.1) is 0 Å². The average Bonchev–Trinajstić information content (AvgIpc) is 2.94. The van der Waals surface area contributed by atoms with Crippen molar-refractivity contribution in [3.63, 3.8) is 0 Å². The van der Waals surface area contributed by atoms with Crippen LogP contribution in [0.4, 0.5) is 5.69 Å². The van der Waals surface area contributed by atoms with Gasteiger partial charge in [-0.05, 0) is 55.8 Å². The minimum Gasteiger partial charge on any atom is -0.374 e. The van der Waals surface area contributed by atoms with E-state index in [2.05, 4.69) is 50.3 Å². The molecule has 6 heteroatoms. The molecule has 2 aliphatic heterocycles. The zero-order valence-corrected chi connectivity index (χ0v) is 16.6. The number of aromatic nitrogens is 2. The zero-order chi connectivity index (χ0) is 19.3. The van der Waals surface area contributed by atoms with Crippen LogP contribution in [0.1, 0.15) is 47.3 Å². The van der Waals surface area contributed by atoms with Gasteiger partial charge in [0.15, 0.2) is 0 Å². The van der Waals surface area contributed by atoms with E-state index >= 15 is 0 Å². The summed E-state index contributed by atoms with van der Waals surface area (Å²) >= 11 is 0. The van der Waals surface area contributed by atoms with E-state index in [4.69, 9.17) is 0 Å². The first kappa shape index (κ1) is 18.9. The van der Waals surface area contributed by atoms with Gasteiger partial charge in [-0.1, -0.05) is 12.1 Å². The Morgan fingerprint density at radius 3 is 2.96 bits per heavy atom. The van der Waals surface area contributed by atoms with Crippen LogP contribution in [-0.2, 0) is 13.0 Å². The van der Waals surface area contributed by atoms with Crippen molar-refractivity contribution in [2.45, 2.75) is 44.7 Å². The first-order chi connectivity index (χ1) is 13.7. The SMILES string of the molecule is CN1CCCc2cc(CN3CCC[C@@H](NC(=O)c4cnccn4)CC3)ccc21. The van der Waals surface area contributed by atoms with Gasteiger partial charge in [-0.3, -0.25) is 14.7 Å².